The van der Waals surface area contributed by atoms with Crippen molar-refractivity contribution in [1.29, 1.82) is 5.26 Å². The van der Waals surface area contributed by atoms with Gasteiger partial charge in [0.2, 0.25) is 10.0 Å². The van der Waals surface area contributed by atoms with Crippen molar-refractivity contribution in [3.63, 3.8) is 0 Å². The zero-order valence-corrected chi connectivity index (χ0v) is 9.37. The second kappa shape index (κ2) is 3.68. The third-order valence-corrected chi connectivity index (χ3v) is 4.38. The molecule has 0 saturated carbocycles. The lowest BCUT2D eigenvalue weighted by molar-refractivity contribution is 0.599. The largest absolute Gasteiger partial charge is 0.397 e. The smallest absolute Gasteiger partial charge is 0.235 e. The van der Waals surface area contributed by atoms with Crippen LogP contribution in [0.4, 0.5) is 11.4 Å². The van der Waals surface area contributed by atoms with Crippen LogP contribution < -0.4 is 10.0 Å². The van der Waals surface area contributed by atoms with Gasteiger partial charge in [-0.1, -0.05) is 0 Å². The van der Waals surface area contributed by atoms with Crippen molar-refractivity contribution in [3.8, 4) is 6.07 Å². The number of nitrogens with zero attached hydrogens (tertiary/aromatic N) is 2. The molecule has 0 atom stereocenters. The van der Waals surface area contributed by atoms with Crippen LogP contribution in [-0.2, 0) is 10.0 Å². The highest BCUT2D eigenvalue weighted by molar-refractivity contribution is 7.93. The van der Waals surface area contributed by atoms with Crippen LogP contribution in [0.15, 0.2) is 18.2 Å². The van der Waals surface area contributed by atoms with E-state index in [1.807, 2.05) is 6.07 Å². The van der Waals surface area contributed by atoms with Gasteiger partial charge in [0.15, 0.2) is 0 Å². The van der Waals surface area contributed by atoms with Crippen LogP contribution in [0.25, 0.3) is 0 Å². The van der Waals surface area contributed by atoms with Gasteiger partial charge in [0.1, 0.15) is 0 Å². The predicted molar refractivity (Wildman–Crippen MR) is 61.3 cm³/mol. The van der Waals surface area contributed by atoms with Crippen LogP contribution in [0, 0.1) is 11.3 Å². The molecule has 5 nitrogen and oxygen atoms in total. The summed E-state index contributed by atoms with van der Waals surface area (Å²) in [4.78, 5) is 0. The van der Waals surface area contributed by atoms with Crippen molar-refractivity contribution in [2.24, 2.45) is 0 Å². The van der Waals surface area contributed by atoms with E-state index in [1.165, 1.54) is 10.4 Å². The van der Waals surface area contributed by atoms with Crippen molar-refractivity contribution < 1.29 is 8.42 Å². The first-order valence-corrected chi connectivity index (χ1v) is 6.45. The molecule has 2 rings (SSSR count). The molecular formula is C10H11N3O2S. The Labute approximate surface area is 94.1 Å². The van der Waals surface area contributed by atoms with Gasteiger partial charge in [-0.2, -0.15) is 5.26 Å². The maximum absolute atomic E-state index is 11.7. The van der Waals surface area contributed by atoms with E-state index in [1.54, 1.807) is 12.1 Å². The molecule has 0 aliphatic carbocycles. The molecule has 6 heteroatoms. The minimum absolute atomic E-state index is 0.159. The summed E-state index contributed by atoms with van der Waals surface area (Å²) in [5.74, 6) is 0.159. The summed E-state index contributed by atoms with van der Waals surface area (Å²) >= 11 is 0. The highest BCUT2D eigenvalue weighted by atomic mass is 32.2. The number of sulfonamides is 1. The summed E-state index contributed by atoms with van der Waals surface area (Å²) in [5.41, 5.74) is 6.96. The van der Waals surface area contributed by atoms with E-state index in [2.05, 4.69) is 0 Å². The Bertz CT molecular complexity index is 560. The molecule has 0 aromatic heterocycles. The fourth-order valence-electron chi connectivity index (χ4n) is 1.76. The Morgan fingerprint density at radius 1 is 1.44 bits per heavy atom. The number of anilines is 2. The molecule has 1 fully saturated rings. The van der Waals surface area contributed by atoms with Crippen molar-refractivity contribution in [1.82, 2.24) is 0 Å². The van der Waals surface area contributed by atoms with E-state index < -0.39 is 10.0 Å². The molecule has 0 radical (unpaired) electrons. The van der Waals surface area contributed by atoms with E-state index in [0.717, 1.165) is 0 Å². The number of hydrogen-bond acceptors (Lipinski definition) is 4. The first kappa shape index (κ1) is 10.8. The van der Waals surface area contributed by atoms with Crippen LogP contribution >= 0.6 is 0 Å². The second-order valence-corrected chi connectivity index (χ2v) is 5.64. The van der Waals surface area contributed by atoms with Gasteiger partial charge in [-0.25, -0.2) is 8.42 Å². The Morgan fingerprint density at radius 2 is 2.19 bits per heavy atom. The fourth-order valence-corrected chi connectivity index (χ4v) is 3.35. The third-order valence-electron chi connectivity index (χ3n) is 2.52. The molecule has 2 N–H and O–H groups in total. The lowest BCUT2D eigenvalue weighted by Crippen LogP contribution is -2.25. The summed E-state index contributed by atoms with van der Waals surface area (Å²) in [6, 6.07) is 6.60. The molecule has 0 bridgehead atoms. The van der Waals surface area contributed by atoms with E-state index in [-0.39, 0.29) is 5.75 Å². The Balaban J connectivity index is 2.46. The first-order valence-electron chi connectivity index (χ1n) is 4.84. The Kier molecular flexibility index (Phi) is 2.48. The molecule has 1 aromatic carbocycles. The van der Waals surface area contributed by atoms with Crippen molar-refractivity contribution >= 4 is 21.4 Å². The van der Waals surface area contributed by atoms with Gasteiger partial charge in [-0.05, 0) is 24.6 Å². The fraction of sp³-hybridized carbons (Fsp3) is 0.300. The lowest BCUT2D eigenvalue weighted by atomic mass is 10.2. The van der Waals surface area contributed by atoms with E-state index in [4.69, 9.17) is 11.0 Å². The zero-order valence-electron chi connectivity index (χ0n) is 8.55. The summed E-state index contributed by atoms with van der Waals surface area (Å²) in [7, 11) is -3.21. The molecule has 1 saturated heterocycles. The second-order valence-electron chi connectivity index (χ2n) is 3.63. The van der Waals surface area contributed by atoms with Crippen molar-refractivity contribution in [3.05, 3.63) is 23.8 Å². The molecule has 1 aliphatic rings. The van der Waals surface area contributed by atoms with Gasteiger partial charge >= 0.3 is 0 Å². The van der Waals surface area contributed by atoms with Crippen LogP contribution in [0.2, 0.25) is 0 Å². The summed E-state index contributed by atoms with van der Waals surface area (Å²) in [6.45, 7) is 0.457. The SMILES string of the molecule is N#Cc1ccc(N2CCCS2(=O)=O)c(N)c1. The molecule has 0 spiro atoms. The Hall–Kier alpha value is -1.74. The number of hydrogen-bond donors (Lipinski definition) is 1. The van der Waals surface area contributed by atoms with E-state index >= 15 is 0 Å². The van der Waals surface area contributed by atoms with Gasteiger partial charge < -0.3 is 5.73 Å². The van der Waals surface area contributed by atoms with Gasteiger partial charge in [0.05, 0.1) is 28.8 Å². The highest BCUT2D eigenvalue weighted by Gasteiger charge is 2.29. The monoisotopic (exact) mass is 237 g/mol. The lowest BCUT2D eigenvalue weighted by Gasteiger charge is -2.18. The molecule has 16 heavy (non-hydrogen) atoms. The van der Waals surface area contributed by atoms with Crippen LogP contribution in [0.1, 0.15) is 12.0 Å². The van der Waals surface area contributed by atoms with E-state index in [0.29, 0.717) is 29.9 Å². The number of nitrogens with two attached hydrogens (primary N) is 1. The topological polar surface area (TPSA) is 87.2 Å². The maximum Gasteiger partial charge on any atom is 0.235 e. The minimum Gasteiger partial charge on any atom is -0.397 e. The molecule has 0 amide bonds. The molecule has 84 valence electrons. The average molecular weight is 237 g/mol. The molecule has 0 unspecified atom stereocenters. The normalized spacial score (nSPS) is 18.3. The number of nitriles is 1. The third kappa shape index (κ3) is 1.70. The minimum atomic E-state index is -3.21. The summed E-state index contributed by atoms with van der Waals surface area (Å²) < 4.78 is 24.7. The van der Waals surface area contributed by atoms with Crippen LogP contribution in [0.3, 0.4) is 0 Å². The highest BCUT2D eigenvalue weighted by Crippen LogP contribution is 2.29. The van der Waals surface area contributed by atoms with Gasteiger partial charge in [-0.3, -0.25) is 4.31 Å². The average Bonchev–Trinajstić information content (AvgIpc) is 2.58. The quantitative estimate of drug-likeness (QED) is 0.727. The standard InChI is InChI=1S/C10H11N3O2S/c11-7-8-2-3-10(9(12)6-8)13-4-1-5-16(13,14)15/h2-3,6H,1,4-5,12H2. The summed E-state index contributed by atoms with van der Waals surface area (Å²) in [6.07, 6.45) is 0.613. The number of benzene rings is 1. The molecule has 1 aliphatic heterocycles. The van der Waals surface area contributed by atoms with Gasteiger partial charge in [0, 0.05) is 6.54 Å². The number of nitrogen functional groups attached to an aromatic ring is 1. The van der Waals surface area contributed by atoms with Crippen LogP contribution in [-0.4, -0.2) is 20.7 Å². The summed E-state index contributed by atoms with van der Waals surface area (Å²) in [5, 5.41) is 8.68. The molecule has 1 heterocycles. The predicted octanol–water partition coefficient (Wildman–Crippen LogP) is 0.680. The molecule has 1 aromatic rings. The number of rotatable bonds is 1. The van der Waals surface area contributed by atoms with Crippen molar-refractivity contribution in [2.45, 2.75) is 6.42 Å². The van der Waals surface area contributed by atoms with Gasteiger partial charge in [-0.15, -0.1) is 0 Å². The van der Waals surface area contributed by atoms with Crippen LogP contribution in [0.5, 0.6) is 0 Å². The maximum atomic E-state index is 11.7. The molecular weight excluding hydrogens is 226 g/mol. The zero-order chi connectivity index (χ0) is 11.8. The first-order chi connectivity index (χ1) is 7.54. The Morgan fingerprint density at radius 3 is 2.69 bits per heavy atom. The van der Waals surface area contributed by atoms with Gasteiger partial charge in [0.25, 0.3) is 0 Å². The van der Waals surface area contributed by atoms with Crippen molar-refractivity contribution in [2.75, 3.05) is 22.3 Å². The van der Waals surface area contributed by atoms with E-state index in [9.17, 15) is 8.42 Å².